The van der Waals surface area contributed by atoms with Gasteiger partial charge in [-0.3, -0.25) is 4.79 Å². The zero-order chi connectivity index (χ0) is 25.1. The third-order valence-electron chi connectivity index (χ3n) is 5.96. The monoisotopic (exact) mass is 475 g/mol. The molecule has 178 valence electrons. The molecule has 6 nitrogen and oxygen atoms in total. The first-order chi connectivity index (χ1) is 16.0. The van der Waals surface area contributed by atoms with Crippen LogP contribution in [0.25, 0.3) is 0 Å². The molecule has 1 saturated carbocycles. The Hall–Kier alpha value is -3.74. The molecule has 0 spiro atoms. The zero-order valence-corrected chi connectivity index (χ0v) is 18.2. The van der Waals surface area contributed by atoms with Crippen LogP contribution in [0.3, 0.4) is 0 Å². The van der Waals surface area contributed by atoms with Crippen LogP contribution in [0.2, 0.25) is 0 Å². The first kappa shape index (κ1) is 24.9. The molecule has 34 heavy (non-hydrogen) atoms. The Bertz CT molecular complexity index is 1120. The molecule has 1 fully saturated rings. The van der Waals surface area contributed by atoms with Gasteiger partial charge < -0.3 is 19.4 Å². The van der Waals surface area contributed by atoms with Crippen molar-refractivity contribution >= 4 is 24.2 Å². The maximum absolute atomic E-state index is 14.4. The topological polar surface area (TPSA) is 81.5 Å². The fourth-order valence-corrected chi connectivity index (χ4v) is 4.06. The molecule has 1 amide bonds. The van der Waals surface area contributed by atoms with Gasteiger partial charge in [-0.2, -0.15) is 18.4 Å². The minimum atomic E-state index is -4.52. The summed E-state index contributed by atoms with van der Waals surface area (Å²) < 4.78 is 53.1. The third-order valence-corrected chi connectivity index (χ3v) is 5.96. The van der Waals surface area contributed by atoms with E-state index in [2.05, 4.69) is 0 Å². The predicted molar refractivity (Wildman–Crippen MR) is 114 cm³/mol. The Balaban J connectivity index is 1.86. The number of carbonyl (C=O) groups is 3. The van der Waals surface area contributed by atoms with E-state index in [1.807, 2.05) is 6.07 Å². The number of benzene rings is 2. The number of carbonyl (C=O) groups excluding carboxylic acids is 3. The van der Waals surface area contributed by atoms with Crippen molar-refractivity contribution in [1.29, 1.82) is 5.26 Å². The van der Waals surface area contributed by atoms with Crippen LogP contribution in [0.15, 0.2) is 42.5 Å². The second kappa shape index (κ2) is 9.63. The van der Waals surface area contributed by atoms with Gasteiger partial charge in [0.15, 0.2) is 0 Å². The molecule has 1 aliphatic rings. The lowest BCUT2D eigenvalue weighted by molar-refractivity contribution is -0.151. The minimum absolute atomic E-state index is 0.0568. The third kappa shape index (κ3) is 5.09. The maximum Gasteiger partial charge on any atom is 0.416 e. The van der Waals surface area contributed by atoms with Crippen molar-refractivity contribution in [3.63, 3.8) is 0 Å². The van der Waals surface area contributed by atoms with E-state index in [0.29, 0.717) is 18.1 Å². The van der Waals surface area contributed by atoms with Gasteiger partial charge in [0.1, 0.15) is 23.9 Å². The van der Waals surface area contributed by atoms with Crippen LogP contribution in [0.1, 0.15) is 29.5 Å². The summed E-state index contributed by atoms with van der Waals surface area (Å²) in [6.45, 7) is -0.504. The quantitative estimate of drug-likeness (QED) is 0.429. The van der Waals surface area contributed by atoms with Gasteiger partial charge in [0.25, 0.3) is 0 Å². The average molecular weight is 475 g/mol. The normalized spacial score (nSPS) is 19.5. The second-order valence-electron chi connectivity index (χ2n) is 8.33. The van der Waals surface area contributed by atoms with Crippen LogP contribution in [0.5, 0.6) is 0 Å². The van der Waals surface area contributed by atoms with Crippen molar-refractivity contribution in [1.82, 2.24) is 4.90 Å². The number of nitriles is 1. The van der Waals surface area contributed by atoms with E-state index in [-0.39, 0.29) is 37.2 Å². The maximum atomic E-state index is 14.4. The number of nitrogens with zero attached hydrogens (tertiary/aromatic N) is 3. The smallest absolute Gasteiger partial charge is 0.363 e. The van der Waals surface area contributed by atoms with Gasteiger partial charge in [-0.15, -0.1) is 0 Å². The van der Waals surface area contributed by atoms with E-state index in [1.165, 1.54) is 41.1 Å². The van der Waals surface area contributed by atoms with Crippen molar-refractivity contribution in [2.24, 2.45) is 5.92 Å². The van der Waals surface area contributed by atoms with Crippen LogP contribution < -0.4 is 4.90 Å². The lowest BCUT2D eigenvalue weighted by Gasteiger charge is -2.49. The zero-order valence-electron chi connectivity index (χ0n) is 18.2. The van der Waals surface area contributed by atoms with Crippen LogP contribution in [-0.4, -0.2) is 42.5 Å². The molecule has 0 unspecified atom stereocenters. The highest BCUT2D eigenvalue weighted by atomic mass is 19.4. The Morgan fingerprint density at radius 3 is 2.32 bits per heavy atom. The van der Waals surface area contributed by atoms with Crippen LogP contribution in [0, 0.1) is 23.1 Å². The summed E-state index contributed by atoms with van der Waals surface area (Å²) in [4.78, 5) is 39.0. The van der Waals surface area contributed by atoms with Gasteiger partial charge >= 0.3 is 6.18 Å². The van der Waals surface area contributed by atoms with Crippen molar-refractivity contribution in [2.75, 3.05) is 18.5 Å². The molecule has 2 aromatic rings. The molecule has 0 atom stereocenters. The van der Waals surface area contributed by atoms with E-state index in [9.17, 15) is 31.9 Å². The lowest BCUT2D eigenvalue weighted by atomic mass is 9.68. The Labute approximate surface area is 193 Å². The number of hydrogen-bond acceptors (Lipinski definition) is 5. The molecule has 0 aromatic heterocycles. The van der Waals surface area contributed by atoms with Crippen molar-refractivity contribution in [3.05, 3.63) is 65.0 Å². The summed E-state index contributed by atoms with van der Waals surface area (Å²) in [6, 6.07) is 9.81. The van der Waals surface area contributed by atoms with E-state index in [0.717, 1.165) is 18.2 Å². The Morgan fingerprint density at radius 1 is 1.18 bits per heavy atom. The average Bonchev–Trinajstić information content (AvgIpc) is 2.77. The molecule has 0 N–H and O–H groups in total. The van der Waals surface area contributed by atoms with Crippen LogP contribution in [0.4, 0.5) is 23.2 Å². The summed E-state index contributed by atoms with van der Waals surface area (Å²) >= 11 is 0. The molecule has 2 aromatic carbocycles. The lowest BCUT2D eigenvalue weighted by Crippen LogP contribution is -2.62. The largest absolute Gasteiger partial charge is 0.416 e. The van der Waals surface area contributed by atoms with E-state index in [1.54, 1.807) is 0 Å². The molecule has 10 heteroatoms. The first-order valence-electron chi connectivity index (χ1n) is 10.3. The van der Waals surface area contributed by atoms with Gasteiger partial charge in [0.2, 0.25) is 5.91 Å². The molecular weight excluding hydrogens is 454 g/mol. The molecule has 0 bridgehead atoms. The number of rotatable bonds is 8. The molecule has 0 saturated heterocycles. The fourth-order valence-electron chi connectivity index (χ4n) is 4.06. The summed E-state index contributed by atoms with van der Waals surface area (Å²) in [6.07, 6.45) is -3.04. The highest BCUT2D eigenvalue weighted by Crippen LogP contribution is 2.41. The number of likely N-dealkylation sites (N-methyl/N-ethyl adjacent to an activating group) is 1. The number of halogens is 4. The van der Waals surface area contributed by atoms with Gasteiger partial charge in [-0.25, -0.2) is 4.39 Å². The number of alkyl halides is 3. The molecule has 0 heterocycles. The van der Waals surface area contributed by atoms with Crippen LogP contribution in [-0.2, 0) is 27.1 Å². The molecule has 0 radical (unpaired) electrons. The highest BCUT2D eigenvalue weighted by Gasteiger charge is 2.50. The number of hydrogen-bond donors (Lipinski definition) is 0. The number of aldehydes is 2. The van der Waals surface area contributed by atoms with E-state index >= 15 is 0 Å². The summed E-state index contributed by atoms with van der Waals surface area (Å²) in [5.41, 5.74) is -1.60. The highest BCUT2D eigenvalue weighted by molar-refractivity contribution is 5.87. The van der Waals surface area contributed by atoms with Crippen molar-refractivity contribution in [2.45, 2.75) is 31.1 Å². The van der Waals surface area contributed by atoms with Gasteiger partial charge in [0, 0.05) is 19.5 Å². The Morgan fingerprint density at radius 2 is 1.82 bits per heavy atom. The number of anilines is 1. The SMILES string of the molecule is CN(CC(=O)N(Cc1ccc(C(F)(F)F)cc1)C1(C=O)CC(C=O)C1)c1ccc(C#N)cc1F. The standard InChI is InChI=1S/C24H21F4N3O3/c1-30(21-7-4-17(11-29)8-20(21)25)13-22(34)31(23(15-33)9-18(10-23)14-32)12-16-2-5-19(6-3-16)24(26,27)28/h2-8,14-15,18H,9-10,12-13H2,1H3. The molecule has 0 aliphatic heterocycles. The van der Waals surface area contributed by atoms with Gasteiger partial charge in [-0.1, -0.05) is 12.1 Å². The summed E-state index contributed by atoms with van der Waals surface area (Å²) in [7, 11) is 1.46. The van der Waals surface area contributed by atoms with Crippen molar-refractivity contribution in [3.8, 4) is 6.07 Å². The van der Waals surface area contributed by atoms with Crippen LogP contribution >= 0.6 is 0 Å². The van der Waals surface area contributed by atoms with Gasteiger partial charge in [-0.05, 0) is 48.7 Å². The predicted octanol–water partition coefficient (Wildman–Crippen LogP) is 3.73. The number of amides is 1. The first-order valence-corrected chi connectivity index (χ1v) is 10.3. The van der Waals surface area contributed by atoms with Gasteiger partial charge in [0.05, 0.1) is 29.4 Å². The Kier molecular flexibility index (Phi) is 7.05. The van der Waals surface area contributed by atoms with Crippen molar-refractivity contribution < 1.29 is 31.9 Å². The molecule has 1 aliphatic carbocycles. The van der Waals surface area contributed by atoms with E-state index in [4.69, 9.17) is 5.26 Å². The second-order valence-corrected chi connectivity index (χ2v) is 8.33. The molecular formula is C24H21F4N3O3. The summed E-state index contributed by atoms with van der Waals surface area (Å²) in [5, 5.41) is 8.89. The fraction of sp³-hybridized carbons (Fsp3) is 0.333. The summed E-state index contributed by atoms with van der Waals surface area (Å²) in [5.74, 6) is -1.69. The molecule has 3 rings (SSSR count). The minimum Gasteiger partial charge on any atom is -0.363 e. The van der Waals surface area contributed by atoms with E-state index < -0.39 is 34.9 Å².